The highest BCUT2D eigenvalue weighted by molar-refractivity contribution is 5.08. The minimum absolute atomic E-state index is 0.363. The molecule has 6 nitrogen and oxygen atoms in total. The number of hydrogen-bond acceptors (Lipinski definition) is 5. The van der Waals surface area contributed by atoms with Crippen LogP contribution >= 0.6 is 0 Å². The molecule has 1 aromatic rings. The van der Waals surface area contributed by atoms with Gasteiger partial charge >= 0.3 is 0 Å². The van der Waals surface area contributed by atoms with Crippen LogP contribution in [0.3, 0.4) is 0 Å². The zero-order valence-corrected chi connectivity index (χ0v) is 9.48. The van der Waals surface area contributed by atoms with Crippen LogP contribution in [0.1, 0.15) is 24.2 Å². The summed E-state index contributed by atoms with van der Waals surface area (Å²) in [6, 6.07) is 4.01. The van der Waals surface area contributed by atoms with Crippen molar-refractivity contribution in [3.63, 3.8) is 0 Å². The SMILES string of the molecule is N#CCCOCc1nc[nH]c1COCCC#N. The molecule has 90 valence electrons. The summed E-state index contributed by atoms with van der Waals surface area (Å²) in [5, 5.41) is 16.7. The van der Waals surface area contributed by atoms with Gasteiger partial charge in [0.2, 0.25) is 0 Å². The van der Waals surface area contributed by atoms with Crippen molar-refractivity contribution in [2.75, 3.05) is 13.2 Å². The third kappa shape index (κ3) is 5.12. The Morgan fingerprint density at radius 2 is 1.76 bits per heavy atom. The monoisotopic (exact) mass is 234 g/mol. The van der Waals surface area contributed by atoms with Gasteiger partial charge in [-0.25, -0.2) is 4.98 Å². The fraction of sp³-hybridized carbons (Fsp3) is 0.545. The van der Waals surface area contributed by atoms with Crippen LogP contribution in [0.2, 0.25) is 0 Å². The number of aromatic nitrogens is 2. The number of imidazole rings is 1. The number of ether oxygens (including phenoxy) is 2. The zero-order valence-electron chi connectivity index (χ0n) is 9.48. The Bertz CT molecular complexity index is 366. The average molecular weight is 234 g/mol. The van der Waals surface area contributed by atoms with Crippen molar-refractivity contribution in [2.24, 2.45) is 0 Å². The highest BCUT2D eigenvalue weighted by Crippen LogP contribution is 2.06. The number of H-pyrrole nitrogens is 1. The second-order valence-corrected chi connectivity index (χ2v) is 3.25. The number of rotatable bonds is 8. The second kappa shape index (κ2) is 8.28. The van der Waals surface area contributed by atoms with Crippen LogP contribution in [0.25, 0.3) is 0 Å². The van der Waals surface area contributed by atoms with E-state index in [9.17, 15) is 0 Å². The van der Waals surface area contributed by atoms with Gasteiger partial charge in [0.25, 0.3) is 0 Å². The highest BCUT2D eigenvalue weighted by atomic mass is 16.5. The molecule has 0 amide bonds. The van der Waals surface area contributed by atoms with Crippen molar-refractivity contribution in [1.29, 1.82) is 10.5 Å². The van der Waals surface area contributed by atoms with Crippen LogP contribution in [0.15, 0.2) is 6.33 Å². The van der Waals surface area contributed by atoms with Gasteiger partial charge in [-0.05, 0) is 0 Å². The van der Waals surface area contributed by atoms with Crippen LogP contribution < -0.4 is 0 Å². The Kier molecular flexibility index (Phi) is 6.42. The first kappa shape index (κ1) is 13.2. The van der Waals surface area contributed by atoms with E-state index in [1.165, 1.54) is 0 Å². The Hall–Kier alpha value is -1.89. The summed E-state index contributed by atoms with van der Waals surface area (Å²) in [6.45, 7) is 1.56. The van der Waals surface area contributed by atoms with E-state index in [1.807, 2.05) is 12.1 Å². The van der Waals surface area contributed by atoms with Crippen LogP contribution in [-0.4, -0.2) is 23.2 Å². The zero-order chi connectivity index (χ0) is 12.3. The summed E-state index contributed by atoms with van der Waals surface area (Å²) in [7, 11) is 0. The van der Waals surface area contributed by atoms with Gasteiger partial charge < -0.3 is 14.5 Å². The van der Waals surface area contributed by atoms with Crippen molar-refractivity contribution in [1.82, 2.24) is 9.97 Å². The molecular weight excluding hydrogens is 220 g/mol. The number of hydrogen-bond donors (Lipinski definition) is 1. The first-order valence-corrected chi connectivity index (χ1v) is 5.29. The third-order valence-corrected chi connectivity index (χ3v) is 2.01. The molecule has 0 atom stereocenters. The predicted molar refractivity (Wildman–Crippen MR) is 58.4 cm³/mol. The molecule has 0 fully saturated rings. The molecule has 1 N–H and O–H groups in total. The van der Waals surface area contributed by atoms with E-state index in [2.05, 4.69) is 9.97 Å². The lowest BCUT2D eigenvalue weighted by Gasteiger charge is -2.03. The minimum atomic E-state index is 0.363. The van der Waals surface area contributed by atoms with Gasteiger partial charge in [-0.1, -0.05) is 0 Å². The Morgan fingerprint density at radius 3 is 2.41 bits per heavy atom. The maximum atomic E-state index is 8.35. The first-order chi connectivity index (χ1) is 8.38. The molecule has 0 saturated heterocycles. The molecule has 0 aliphatic carbocycles. The van der Waals surface area contributed by atoms with Gasteiger partial charge in [0, 0.05) is 0 Å². The van der Waals surface area contributed by atoms with E-state index in [0.717, 1.165) is 11.4 Å². The largest absolute Gasteiger partial charge is 0.374 e. The molecule has 1 aromatic heterocycles. The molecule has 6 heteroatoms. The molecule has 0 spiro atoms. The van der Waals surface area contributed by atoms with Gasteiger partial charge in [0.05, 0.1) is 69.1 Å². The fourth-order valence-corrected chi connectivity index (χ4v) is 1.18. The van der Waals surface area contributed by atoms with E-state index in [0.29, 0.717) is 39.3 Å². The Labute approximate surface area is 99.8 Å². The normalized spacial score (nSPS) is 9.76. The Balaban J connectivity index is 2.28. The molecule has 0 saturated carbocycles. The molecular formula is C11H14N4O2. The summed E-state index contributed by atoms with van der Waals surface area (Å²) in [5.74, 6) is 0. The smallest absolute Gasteiger partial charge is 0.0926 e. The number of nitrogens with zero attached hydrogens (tertiary/aromatic N) is 3. The lowest BCUT2D eigenvalue weighted by atomic mass is 10.3. The molecule has 0 radical (unpaired) electrons. The minimum Gasteiger partial charge on any atom is -0.374 e. The highest BCUT2D eigenvalue weighted by Gasteiger charge is 2.05. The molecule has 17 heavy (non-hydrogen) atoms. The van der Waals surface area contributed by atoms with Gasteiger partial charge in [-0.3, -0.25) is 0 Å². The number of aromatic amines is 1. The standard InChI is InChI=1S/C11H14N4O2/c12-3-1-5-16-7-10-11(15-9-14-10)8-17-6-2-4-13/h9H,1-2,5-8H2,(H,14,15). The van der Waals surface area contributed by atoms with Crippen molar-refractivity contribution in [2.45, 2.75) is 26.1 Å². The van der Waals surface area contributed by atoms with Gasteiger partial charge in [-0.15, -0.1) is 0 Å². The summed E-state index contributed by atoms with van der Waals surface area (Å²) >= 11 is 0. The van der Waals surface area contributed by atoms with E-state index in [-0.39, 0.29) is 0 Å². The molecule has 1 rings (SSSR count). The summed E-state index contributed by atoms with van der Waals surface area (Å²) < 4.78 is 10.6. The quantitative estimate of drug-likeness (QED) is 0.683. The number of nitrogens with one attached hydrogen (secondary N) is 1. The van der Waals surface area contributed by atoms with E-state index in [1.54, 1.807) is 6.33 Å². The Morgan fingerprint density at radius 1 is 1.12 bits per heavy atom. The summed E-state index contributed by atoms with van der Waals surface area (Å²) in [6.07, 6.45) is 2.33. The maximum absolute atomic E-state index is 8.35. The van der Waals surface area contributed by atoms with E-state index >= 15 is 0 Å². The van der Waals surface area contributed by atoms with Gasteiger partial charge in [-0.2, -0.15) is 10.5 Å². The van der Waals surface area contributed by atoms with Gasteiger partial charge in [0.15, 0.2) is 0 Å². The second-order valence-electron chi connectivity index (χ2n) is 3.25. The average Bonchev–Trinajstić information content (AvgIpc) is 2.78. The lowest BCUT2D eigenvalue weighted by molar-refractivity contribution is 0.109. The van der Waals surface area contributed by atoms with Crippen LogP contribution in [0.4, 0.5) is 0 Å². The third-order valence-electron chi connectivity index (χ3n) is 2.01. The summed E-state index contributed by atoms with van der Waals surface area (Å²) in [4.78, 5) is 7.06. The molecule has 0 unspecified atom stereocenters. The lowest BCUT2D eigenvalue weighted by Crippen LogP contribution is -2.01. The fourth-order valence-electron chi connectivity index (χ4n) is 1.18. The van der Waals surface area contributed by atoms with E-state index < -0.39 is 0 Å². The molecule has 1 heterocycles. The molecule has 0 bridgehead atoms. The van der Waals surface area contributed by atoms with Crippen molar-refractivity contribution >= 4 is 0 Å². The maximum Gasteiger partial charge on any atom is 0.0926 e. The van der Waals surface area contributed by atoms with Crippen LogP contribution in [0, 0.1) is 22.7 Å². The molecule has 0 aromatic carbocycles. The van der Waals surface area contributed by atoms with Crippen molar-refractivity contribution in [3.8, 4) is 12.1 Å². The van der Waals surface area contributed by atoms with Crippen LogP contribution in [0.5, 0.6) is 0 Å². The first-order valence-electron chi connectivity index (χ1n) is 5.29. The van der Waals surface area contributed by atoms with Crippen LogP contribution in [-0.2, 0) is 22.7 Å². The number of nitriles is 2. The van der Waals surface area contributed by atoms with Crippen molar-refractivity contribution < 1.29 is 9.47 Å². The van der Waals surface area contributed by atoms with Gasteiger partial charge in [0.1, 0.15) is 0 Å². The molecule has 0 aliphatic heterocycles. The summed E-state index contributed by atoms with van der Waals surface area (Å²) in [5.41, 5.74) is 1.62. The topological polar surface area (TPSA) is 94.7 Å². The van der Waals surface area contributed by atoms with E-state index in [4.69, 9.17) is 20.0 Å². The van der Waals surface area contributed by atoms with Crippen molar-refractivity contribution in [3.05, 3.63) is 17.7 Å². The predicted octanol–water partition coefficient (Wildman–Crippen LogP) is 1.27. The molecule has 0 aliphatic rings.